The third kappa shape index (κ3) is 4.70. The Morgan fingerprint density at radius 3 is 2.32 bits per heavy atom. The van der Waals surface area contributed by atoms with Crippen molar-refractivity contribution in [2.75, 3.05) is 6.61 Å². The average Bonchev–Trinajstić information content (AvgIpc) is 2.93. The number of imide groups is 1. The van der Waals surface area contributed by atoms with Gasteiger partial charge in [-0.05, 0) is 31.1 Å². The van der Waals surface area contributed by atoms with E-state index in [-0.39, 0.29) is 30.6 Å². The van der Waals surface area contributed by atoms with Gasteiger partial charge in [-0.2, -0.15) is 0 Å². The van der Waals surface area contributed by atoms with Gasteiger partial charge in [0, 0.05) is 0 Å². The van der Waals surface area contributed by atoms with Crippen LogP contribution in [-0.2, 0) is 14.0 Å². The highest BCUT2D eigenvalue weighted by atomic mass is 28.4. The third-order valence-corrected chi connectivity index (χ3v) is 5.33. The summed E-state index contributed by atoms with van der Waals surface area (Å²) in [6, 6.07) is 9.54. The first-order valence-electron chi connectivity index (χ1n) is 8.84. The number of carbonyl (C=O) groups is 2. The van der Waals surface area contributed by atoms with Crippen molar-refractivity contribution in [3.63, 3.8) is 0 Å². The van der Waals surface area contributed by atoms with Crippen LogP contribution in [0.15, 0.2) is 30.3 Å². The van der Waals surface area contributed by atoms with Gasteiger partial charge in [-0.15, -0.1) is 0 Å². The van der Waals surface area contributed by atoms with Crippen molar-refractivity contribution in [2.45, 2.75) is 52.6 Å². The molecule has 0 aliphatic carbocycles. The molecular weight excluding hydrogens is 334 g/mol. The molecule has 138 valence electrons. The fourth-order valence-electron chi connectivity index (χ4n) is 3.01. The maximum absolute atomic E-state index is 13.1. The van der Waals surface area contributed by atoms with Crippen LogP contribution in [0.3, 0.4) is 0 Å². The minimum atomic E-state index is -1.89. The number of carbonyl (C=O) groups excluding carboxylic acids is 2. The first-order valence-corrected chi connectivity index (χ1v) is 12.2. The molecule has 0 aromatic heterocycles. The highest BCUT2D eigenvalue weighted by molar-refractivity contribution is 6.69. The van der Waals surface area contributed by atoms with E-state index in [2.05, 4.69) is 19.6 Å². The minimum absolute atomic E-state index is 0.149. The van der Waals surface area contributed by atoms with E-state index in [9.17, 15) is 9.59 Å². The number of benzene rings is 1. The molecular formula is C19H29NO4Si. The van der Waals surface area contributed by atoms with Crippen molar-refractivity contribution in [1.29, 1.82) is 0 Å². The Hall–Kier alpha value is -1.66. The Kier molecular flexibility index (Phi) is 6.06. The van der Waals surface area contributed by atoms with Gasteiger partial charge in [0.15, 0.2) is 8.32 Å². The van der Waals surface area contributed by atoms with Gasteiger partial charge in [-0.25, -0.2) is 9.69 Å². The Morgan fingerprint density at radius 2 is 1.80 bits per heavy atom. The molecule has 0 bridgehead atoms. The van der Waals surface area contributed by atoms with E-state index in [1.807, 2.05) is 51.1 Å². The van der Waals surface area contributed by atoms with Crippen LogP contribution in [0.4, 0.5) is 4.79 Å². The van der Waals surface area contributed by atoms with Gasteiger partial charge >= 0.3 is 6.09 Å². The molecule has 1 aliphatic rings. The fraction of sp³-hybridized carbons (Fsp3) is 0.579. The summed E-state index contributed by atoms with van der Waals surface area (Å²) >= 11 is 0. The zero-order valence-electron chi connectivity index (χ0n) is 16.0. The normalized spacial score (nSPS) is 20.5. The smallest absolute Gasteiger partial charge is 0.416 e. The molecule has 25 heavy (non-hydrogen) atoms. The van der Waals surface area contributed by atoms with Gasteiger partial charge in [0.05, 0.1) is 18.1 Å². The lowest BCUT2D eigenvalue weighted by Crippen LogP contribution is -2.46. The first-order chi connectivity index (χ1) is 11.6. The zero-order valence-corrected chi connectivity index (χ0v) is 17.0. The third-order valence-electron chi connectivity index (χ3n) is 4.37. The Morgan fingerprint density at radius 1 is 1.20 bits per heavy atom. The second-order valence-corrected chi connectivity index (χ2v) is 12.4. The molecule has 0 saturated carbocycles. The van der Waals surface area contributed by atoms with Crippen LogP contribution in [0, 0.1) is 11.8 Å². The summed E-state index contributed by atoms with van der Waals surface area (Å²) in [7, 11) is -1.89. The van der Waals surface area contributed by atoms with E-state index in [1.165, 1.54) is 4.90 Å². The maximum Gasteiger partial charge on any atom is 0.416 e. The molecule has 2 amide bonds. The summed E-state index contributed by atoms with van der Waals surface area (Å²) in [5.41, 5.74) is 0.958. The first kappa shape index (κ1) is 19.7. The zero-order chi connectivity index (χ0) is 18.8. The minimum Gasteiger partial charge on any atom is -0.447 e. The Labute approximate surface area is 151 Å². The molecule has 1 heterocycles. The van der Waals surface area contributed by atoms with Crippen molar-refractivity contribution in [2.24, 2.45) is 11.8 Å². The van der Waals surface area contributed by atoms with Crippen molar-refractivity contribution in [3.05, 3.63) is 35.9 Å². The molecule has 0 unspecified atom stereocenters. The summed E-state index contributed by atoms with van der Waals surface area (Å²) in [4.78, 5) is 26.6. The summed E-state index contributed by atoms with van der Waals surface area (Å²) in [5, 5.41) is 0. The molecule has 6 heteroatoms. The molecule has 1 saturated heterocycles. The predicted octanol–water partition coefficient (Wildman–Crippen LogP) is 4.22. The number of ether oxygens (including phenoxy) is 1. The van der Waals surface area contributed by atoms with Crippen molar-refractivity contribution >= 4 is 20.3 Å². The van der Waals surface area contributed by atoms with Gasteiger partial charge in [-0.1, -0.05) is 51.1 Å². The van der Waals surface area contributed by atoms with Gasteiger partial charge in [0.25, 0.3) is 0 Å². The molecule has 2 rings (SSSR count). The molecule has 1 aromatic carbocycles. The van der Waals surface area contributed by atoms with E-state index in [0.29, 0.717) is 0 Å². The van der Waals surface area contributed by atoms with Crippen LogP contribution >= 0.6 is 0 Å². The van der Waals surface area contributed by atoms with Crippen LogP contribution in [0.25, 0.3) is 0 Å². The number of rotatable bonds is 6. The van der Waals surface area contributed by atoms with Crippen LogP contribution in [0.2, 0.25) is 19.6 Å². The predicted molar refractivity (Wildman–Crippen MR) is 99.6 cm³/mol. The van der Waals surface area contributed by atoms with Crippen LogP contribution in [0.1, 0.15) is 32.4 Å². The number of cyclic esters (lactones) is 1. The summed E-state index contributed by atoms with van der Waals surface area (Å²) < 4.78 is 11.5. The van der Waals surface area contributed by atoms with Crippen LogP contribution in [-0.4, -0.2) is 37.9 Å². The lowest BCUT2D eigenvalue weighted by Gasteiger charge is -2.33. The van der Waals surface area contributed by atoms with E-state index >= 15 is 0 Å². The van der Waals surface area contributed by atoms with E-state index in [0.717, 1.165) is 5.56 Å². The van der Waals surface area contributed by atoms with Crippen molar-refractivity contribution in [3.8, 4) is 0 Å². The lowest BCUT2D eigenvalue weighted by molar-refractivity contribution is -0.136. The molecule has 5 nitrogen and oxygen atoms in total. The monoisotopic (exact) mass is 363 g/mol. The average molecular weight is 364 g/mol. The van der Waals surface area contributed by atoms with Gasteiger partial charge < -0.3 is 9.16 Å². The summed E-state index contributed by atoms with van der Waals surface area (Å²) in [5.74, 6) is -0.551. The molecule has 1 aromatic rings. The molecule has 3 atom stereocenters. The highest BCUT2D eigenvalue weighted by Gasteiger charge is 2.43. The molecule has 1 aliphatic heterocycles. The number of nitrogens with zero attached hydrogens (tertiary/aromatic N) is 1. The van der Waals surface area contributed by atoms with Crippen molar-refractivity contribution < 1.29 is 18.8 Å². The number of hydrogen-bond acceptors (Lipinski definition) is 4. The molecule has 0 radical (unpaired) electrons. The molecule has 0 spiro atoms. The van der Waals surface area contributed by atoms with Gasteiger partial charge in [-0.3, -0.25) is 4.79 Å². The highest BCUT2D eigenvalue weighted by Crippen LogP contribution is 2.33. The molecule has 0 N–H and O–H groups in total. The summed E-state index contributed by atoms with van der Waals surface area (Å²) in [6.07, 6.45) is -0.919. The largest absolute Gasteiger partial charge is 0.447 e. The topological polar surface area (TPSA) is 55.8 Å². The number of amides is 2. The second kappa shape index (κ2) is 7.70. The lowest BCUT2D eigenvalue weighted by atomic mass is 9.94. The molecule has 1 fully saturated rings. The van der Waals surface area contributed by atoms with Gasteiger partial charge in [0.2, 0.25) is 5.91 Å². The van der Waals surface area contributed by atoms with Crippen molar-refractivity contribution in [1.82, 2.24) is 4.90 Å². The fourth-order valence-corrected chi connectivity index (χ4v) is 4.11. The number of hydrogen-bond donors (Lipinski definition) is 0. The quantitative estimate of drug-likeness (QED) is 0.710. The van der Waals surface area contributed by atoms with Crippen LogP contribution in [0.5, 0.6) is 0 Å². The standard InChI is InChI=1S/C19H29NO4Si/c1-13(2)16-12-23-19(22)20(16)18(21)14(3)17(24-25(4,5)6)15-10-8-7-9-11-15/h7-11,13-14,16-17H,12H2,1-6H3/t14-,16-,17+/m1/s1. The van der Waals surface area contributed by atoms with E-state index < -0.39 is 20.3 Å². The maximum atomic E-state index is 13.1. The second-order valence-electron chi connectivity index (χ2n) is 7.95. The SMILES string of the molecule is CC(C)[C@H]1COC(=O)N1C(=O)[C@H](C)[C@H](O[Si](C)(C)C)c1ccccc1. The van der Waals surface area contributed by atoms with E-state index in [4.69, 9.17) is 9.16 Å². The summed E-state index contributed by atoms with van der Waals surface area (Å²) in [6.45, 7) is 12.4. The van der Waals surface area contributed by atoms with E-state index in [1.54, 1.807) is 0 Å². The Bertz CT molecular complexity index is 612. The Balaban J connectivity index is 2.30. The van der Waals surface area contributed by atoms with Crippen LogP contribution < -0.4 is 0 Å². The van der Waals surface area contributed by atoms with Gasteiger partial charge in [0.1, 0.15) is 6.61 Å².